The fourth-order valence-electron chi connectivity index (χ4n) is 2.04. The summed E-state index contributed by atoms with van der Waals surface area (Å²) in [6.45, 7) is 6.12. The van der Waals surface area contributed by atoms with Crippen molar-refractivity contribution in [2.75, 3.05) is 11.4 Å². The third-order valence-electron chi connectivity index (χ3n) is 3.52. The summed E-state index contributed by atoms with van der Waals surface area (Å²) in [5.74, 6) is -1.72. The van der Waals surface area contributed by atoms with Crippen molar-refractivity contribution >= 4 is 22.4 Å². The van der Waals surface area contributed by atoms with Gasteiger partial charge in [-0.05, 0) is 19.9 Å². The van der Waals surface area contributed by atoms with Gasteiger partial charge in [0.05, 0.1) is 11.6 Å². The molecule has 0 amide bonds. The molecule has 0 spiro atoms. The van der Waals surface area contributed by atoms with Crippen LogP contribution in [0.1, 0.15) is 23.1 Å². The molecule has 0 aliphatic heterocycles. The molecule has 1 heterocycles. The van der Waals surface area contributed by atoms with E-state index in [1.807, 2.05) is 18.7 Å². The lowest BCUT2D eigenvalue weighted by Crippen LogP contribution is -2.31. The molecular formula is C16H19FN2O2S. The van der Waals surface area contributed by atoms with E-state index >= 15 is 0 Å². The van der Waals surface area contributed by atoms with Crippen molar-refractivity contribution in [3.63, 3.8) is 0 Å². The highest BCUT2D eigenvalue weighted by Crippen LogP contribution is 2.27. The largest absolute Gasteiger partial charge is 0.481 e. The predicted molar refractivity (Wildman–Crippen MR) is 85.8 cm³/mol. The minimum atomic E-state index is -0.872. The van der Waals surface area contributed by atoms with Gasteiger partial charge in [-0.3, -0.25) is 4.79 Å². The number of aryl methyl sites for hydroxylation is 2. The smallest absolute Gasteiger partial charge is 0.308 e. The van der Waals surface area contributed by atoms with E-state index in [0.29, 0.717) is 12.1 Å². The first kappa shape index (κ1) is 16.4. The molecule has 1 N–H and O–H groups in total. The number of aromatic nitrogens is 1. The summed E-state index contributed by atoms with van der Waals surface area (Å²) in [6, 6.07) is 6.53. The lowest BCUT2D eigenvalue weighted by Gasteiger charge is -2.24. The summed E-state index contributed by atoms with van der Waals surface area (Å²) >= 11 is 1.50. The first-order chi connectivity index (χ1) is 10.4. The molecule has 1 atom stereocenters. The molecule has 118 valence electrons. The number of carboxylic acid groups (broad SMARTS) is 1. The predicted octanol–water partition coefficient (Wildman–Crippen LogP) is 3.63. The number of anilines is 1. The Bertz CT molecular complexity index is 652. The number of halogens is 1. The number of rotatable bonds is 6. The fraction of sp³-hybridized carbons (Fsp3) is 0.375. The van der Waals surface area contributed by atoms with Gasteiger partial charge in [0.2, 0.25) is 0 Å². The van der Waals surface area contributed by atoms with Gasteiger partial charge in [0, 0.05) is 23.5 Å². The highest BCUT2D eigenvalue weighted by Gasteiger charge is 2.20. The zero-order chi connectivity index (χ0) is 16.3. The van der Waals surface area contributed by atoms with Crippen LogP contribution >= 0.6 is 11.3 Å². The Morgan fingerprint density at radius 1 is 1.41 bits per heavy atom. The third-order valence-corrected chi connectivity index (χ3v) is 4.66. The Labute approximate surface area is 133 Å². The number of carboxylic acids is 1. The van der Waals surface area contributed by atoms with E-state index in [1.165, 1.54) is 17.4 Å². The number of benzene rings is 1. The van der Waals surface area contributed by atoms with Gasteiger partial charge in [-0.15, -0.1) is 11.3 Å². The number of carbonyl (C=O) groups is 1. The maximum Gasteiger partial charge on any atom is 0.308 e. The lowest BCUT2D eigenvalue weighted by atomic mass is 10.1. The average molecular weight is 322 g/mol. The molecule has 0 aliphatic rings. The second-order valence-electron chi connectivity index (χ2n) is 5.35. The molecule has 2 aromatic rings. The molecule has 0 aliphatic carbocycles. The maximum atomic E-state index is 13.9. The van der Waals surface area contributed by atoms with E-state index in [2.05, 4.69) is 4.98 Å². The monoisotopic (exact) mass is 322 g/mol. The molecule has 1 aromatic heterocycles. The van der Waals surface area contributed by atoms with Crippen molar-refractivity contribution in [2.24, 2.45) is 5.92 Å². The standard InChI is InChI=1S/C16H19FN2O2S/c1-10(15(20)21)8-19(16-18-11(2)12(3)22-16)9-13-6-4-5-7-14(13)17/h4-7,10H,8-9H2,1-3H3,(H,20,21). The Kier molecular flexibility index (Phi) is 5.13. The second kappa shape index (κ2) is 6.87. The first-order valence-corrected chi connectivity index (χ1v) is 7.85. The SMILES string of the molecule is Cc1nc(N(Cc2ccccc2F)CC(C)C(=O)O)sc1C. The summed E-state index contributed by atoms with van der Waals surface area (Å²) in [5.41, 5.74) is 1.45. The van der Waals surface area contributed by atoms with E-state index in [9.17, 15) is 9.18 Å². The van der Waals surface area contributed by atoms with Crippen molar-refractivity contribution in [2.45, 2.75) is 27.3 Å². The summed E-state index contributed by atoms with van der Waals surface area (Å²) < 4.78 is 13.9. The highest BCUT2D eigenvalue weighted by molar-refractivity contribution is 7.15. The number of aliphatic carboxylic acids is 1. The third kappa shape index (κ3) is 3.82. The summed E-state index contributed by atoms with van der Waals surface area (Å²) in [7, 11) is 0. The van der Waals surface area contributed by atoms with Crippen LogP contribution in [0.25, 0.3) is 0 Å². The van der Waals surface area contributed by atoms with Crippen LogP contribution in [-0.2, 0) is 11.3 Å². The van der Waals surface area contributed by atoms with Gasteiger partial charge in [0.1, 0.15) is 5.82 Å². The van der Waals surface area contributed by atoms with Crippen LogP contribution in [0.5, 0.6) is 0 Å². The van der Waals surface area contributed by atoms with Gasteiger partial charge in [-0.25, -0.2) is 9.37 Å². The van der Waals surface area contributed by atoms with Crippen molar-refractivity contribution in [1.29, 1.82) is 0 Å². The van der Waals surface area contributed by atoms with Gasteiger partial charge in [0.25, 0.3) is 0 Å². The van der Waals surface area contributed by atoms with Gasteiger partial charge < -0.3 is 10.0 Å². The van der Waals surface area contributed by atoms with Crippen LogP contribution in [0, 0.1) is 25.6 Å². The Balaban J connectivity index is 2.29. The average Bonchev–Trinajstić information content (AvgIpc) is 2.80. The Morgan fingerprint density at radius 2 is 2.09 bits per heavy atom. The molecule has 1 unspecified atom stereocenters. The number of nitrogens with zero attached hydrogens (tertiary/aromatic N) is 2. The van der Waals surface area contributed by atoms with Crippen LogP contribution in [-0.4, -0.2) is 22.6 Å². The maximum absolute atomic E-state index is 13.9. The molecular weight excluding hydrogens is 303 g/mol. The number of hydrogen-bond donors (Lipinski definition) is 1. The van der Waals surface area contributed by atoms with Gasteiger partial charge >= 0.3 is 5.97 Å². The van der Waals surface area contributed by atoms with E-state index in [-0.39, 0.29) is 12.4 Å². The topological polar surface area (TPSA) is 53.4 Å². The molecule has 0 bridgehead atoms. The van der Waals surface area contributed by atoms with Crippen molar-refractivity contribution in [3.05, 3.63) is 46.2 Å². The molecule has 22 heavy (non-hydrogen) atoms. The minimum absolute atomic E-state index is 0.288. The van der Waals surface area contributed by atoms with Gasteiger partial charge in [-0.1, -0.05) is 25.1 Å². The highest BCUT2D eigenvalue weighted by atomic mass is 32.1. The Hall–Kier alpha value is -1.95. The molecule has 1 aromatic carbocycles. The first-order valence-electron chi connectivity index (χ1n) is 7.03. The molecule has 0 fully saturated rings. The van der Waals surface area contributed by atoms with E-state index in [0.717, 1.165) is 15.7 Å². The quantitative estimate of drug-likeness (QED) is 0.882. The van der Waals surface area contributed by atoms with Crippen LogP contribution in [0.2, 0.25) is 0 Å². The summed E-state index contributed by atoms with van der Waals surface area (Å²) in [6.07, 6.45) is 0. The van der Waals surface area contributed by atoms with Crippen molar-refractivity contribution in [1.82, 2.24) is 4.98 Å². The van der Waals surface area contributed by atoms with E-state index < -0.39 is 11.9 Å². The molecule has 6 heteroatoms. The van der Waals surface area contributed by atoms with Gasteiger partial charge in [0.15, 0.2) is 5.13 Å². The molecule has 0 saturated heterocycles. The zero-order valence-electron chi connectivity index (χ0n) is 12.8. The normalized spacial score (nSPS) is 12.2. The number of hydrogen-bond acceptors (Lipinski definition) is 4. The van der Waals surface area contributed by atoms with E-state index in [1.54, 1.807) is 25.1 Å². The van der Waals surface area contributed by atoms with Crippen LogP contribution in [0.4, 0.5) is 9.52 Å². The number of thiazole rings is 1. The summed E-state index contributed by atoms with van der Waals surface area (Å²) in [5, 5.41) is 9.87. The van der Waals surface area contributed by atoms with Crippen molar-refractivity contribution < 1.29 is 14.3 Å². The van der Waals surface area contributed by atoms with Gasteiger partial charge in [-0.2, -0.15) is 0 Å². The van der Waals surface area contributed by atoms with Crippen LogP contribution in [0.15, 0.2) is 24.3 Å². The summed E-state index contributed by atoms with van der Waals surface area (Å²) in [4.78, 5) is 18.5. The van der Waals surface area contributed by atoms with Crippen molar-refractivity contribution in [3.8, 4) is 0 Å². The lowest BCUT2D eigenvalue weighted by molar-refractivity contribution is -0.140. The second-order valence-corrected chi connectivity index (χ2v) is 6.53. The zero-order valence-corrected chi connectivity index (χ0v) is 13.7. The molecule has 0 saturated carbocycles. The minimum Gasteiger partial charge on any atom is -0.481 e. The Morgan fingerprint density at radius 3 is 2.64 bits per heavy atom. The molecule has 4 nitrogen and oxygen atoms in total. The molecule has 2 rings (SSSR count). The van der Waals surface area contributed by atoms with Crippen LogP contribution < -0.4 is 4.90 Å². The fourth-order valence-corrected chi connectivity index (χ4v) is 2.96. The van der Waals surface area contributed by atoms with Crippen LogP contribution in [0.3, 0.4) is 0 Å². The van der Waals surface area contributed by atoms with E-state index in [4.69, 9.17) is 5.11 Å². The molecule has 0 radical (unpaired) electrons.